The largest absolute Gasteiger partial charge is 0.483 e. The maximum absolute atomic E-state index is 14.4. The van der Waals surface area contributed by atoms with Gasteiger partial charge in [0.05, 0.1) is 61.3 Å². The number of rotatable bonds is 14. The van der Waals surface area contributed by atoms with Gasteiger partial charge in [0.25, 0.3) is 47.9 Å². The van der Waals surface area contributed by atoms with Crippen molar-refractivity contribution in [1.29, 1.82) is 0 Å². The number of nitrogen functional groups attached to an aromatic ring is 3. The van der Waals surface area contributed by atoms with E-state index >= 15 is 0 Å². The van der Waals surface area contributed by atoms with Crippen LogP contribution in [0.5, 0.6) is 0 Å². The van der Waals surface area contributed by atoms with E-state index in [1.165, 1.54) is 80.8 Å². The summed E-state index contributed by atoms with van der Waals surface area (Å²) in [6.07, 6.45) is 8.37. The molecule has 50 heteroatoms. The van der Waals surface area contributed by atoms with Gasteiger partial charge in [-0.1, -0.05) is 7.43 Å². The SMILES string of the molecule is C.C1CC2(CCN1)CC2.Cc1cc(N)nc(N2CCC(F)(F)CC2)n1.Cc1cc(NC(=O)c2cc(F)c(N)cc2F)nc(N2CCC(F)(F)CC2)n1.Cc1cc(NC(=O)c2cc(F)c(N)cc2N2CCC3(CC2)CC3)nc(N2CCC(F)(F)CC2)n1.Cc1cc(NC(=O)c2cc(F)c([N+](=O)[O-])cc2F)nc(N2CCC(F)(F)CC2)n1.N.O=C(O)c1cc(F)c([N+](=O)[O-])cc1F.O=CO.[CH3-].[Pd]. The van der Waals surface area contributed by atoms with Gasteiger partial charge < -0.3 is 86.8 Å². The molecule has 2 spiro atoms. The summed E-state index contributed by atoms with van der Waals surface area (Å²) in [6.45, 7) is 11.7. The molecule has 740 valence electrons. The van der Waals surface area contributed by atoms with Crippen LogP contribution in [0.15, 0.2) is 72.8 Å². The summed E-state index contributed by atoms with van der Waals surface area (Å²) in [6, 6.07) is 11.4. The molecule has 6 saturated heterocycles. The standard InChI is InChI=1S/C24H29F3N6O.C17H15F4N5O3.C17H17F4N5O.C10H14F2N4.C7H3F2NO4.C7H13N.CH2O2.CH4.CH3.H3N.Pd/c1-15-12-20(31-22(29-15)33-10-6-24(26,27)7-11-33)30-21(34)16-13-17(25)18(28)14-19(16)32-8-4-23(2-3-23)5-9-32;1-9-6-14(24-16(22-9)25-4-2-17(20,21)3-5-25)23-15(27)10-7-12(19)13(26(28)29)8-11(10)18;1-9-6-14(24-15(27)10-7-12(19)13(22)8-11(10)18)25-16(23-9)26-4-2-17(20,21)3-5-26;1-7-6-8(13)15-9(14-7)16-4-2-10(11,12)3-5-16;8-4-2-6(10(13)14)5(9)1-3(4)7(11)12;1-2-7(1)3-5-8-6-4-7;2-1-3;;;;/h12-14H,2-11,28H2,1H3,(H,29,30,31,34);6-8H,2-5H2,1H3,(H,22,23,24,27);6-8H,2-5,22H2,1H3,(H,23,24,25,27);6H,2-5H2,1H3,(H2,13,14,15);1-2H,(H,11,12);8H,1-6H2;1H,(H,2,3);1H4;2*1H3;/q;;;;;;;;-1;;. The van der Waals surface area contributed by atoms with Crippen LogP contribution in [-0.2, 0) is 25.2 Å². The van der Waals surface area contributed by atoms with Crippen molar-refractivity contribution in [2.75, 3.05) is 136 Å². The normalized spacial score (nSPS) is 17.3. The third kappa shape index (κ3) is 31.2. The molecule has 4 aromatic heterocycles. The first-order valence-corrected chi connectivity index (χ1v) is 41.1. The molecule has 34 nitrogen and oxygen atoms in total. The van der Waals surface area contributed by atoms with Crippen molar-refractivity contribution in [1.82, 2.24) is 51.3 Å². The zero-order valence-electron chi connectivity index (χ0n) is 73.0. The molecule has 15 N–H and O–H groups in total. The number of benzene rings is 4. The second kappa shape index (κ2) is 47.0. The van der Waals surface area contributed by atoms with Gasteiger partial charge in [-0.3, -0.25) is 39.4 Å². The molecule has 8 fully saturated rings. The molecule has 2 saturated carbocycles. The molecule has 3 amide bonds. The second-order valence-corrected chi connectivity index (χ2v) is 32.5. The molecule has 0 radical (unpaired) electrons. The number of halogens is 15. The Morgan fingerprint density at radius 1 is 0.400 bits per heavy atom. The van der Waals surface area contributed by atoms with E-state index in [2.05, 4.69) is 66.0 Å². The van der Waals surface area contributed by atoms with Crippen LogP contribution in [0.2, 0.25) is 0 Å². The zero-order chi connectivity index (χ0) is 96.0. The first-order valence-electron chi connectivity index (χ1n) is 41.1. The number of piperidine rings is 6. The summed E-state index contributed by atoms with van der Waals surface area (Å²) < 4.78 is 201. The fraction of sp³-hybridized carbons (Fsp3) is 0.459. The van der Waals surface area contributed by atoms with E-state index in [-0.39, 0.29) is 204 Å². The average molecular weight is 2010 g/mol. The molecule has 8 aliphatic rings. The van der Waals surface area contributed by atoms with E-state index in [9.17, 15) is 105 Å². The van der Waals surface area contributed by atoms with Gasteiger partial charge in [0.2, 0.25) is 35.4 Å². The molecule has 2 aliphatic carbocycles. The van der Waals surface area contributed by atoms with Crippen molar-refractivity contribution in [3.8, 4) is 0 Å². The minimum Gasteiger partial charge on any atom is -0.483 e. The molecular formula is C85H103F15N23O11Pd-. The molecule has 6 aliphatic heterocycles. The quantitative estimate of drug-likeness (QED) is 0.00919. The van der Waals surface area contributed by atoms with Crippen molar-refractivity contribution in [2.45, 2.75) is 162 Å². The van der Waals surface area contributed by atoms with Crippen LogP contribution in [0.4, 0.5) is 141 Å². The number of nitro benzene ring substituents is 2. The van der Waals surface area contributed by atoms with Crippen molar-refractivity contribution < 1.29 is 130 Å². The van der Waals surface area contributed by atoms with Crippen LogP contribution in [0.3, 0.4) is 0 Å². The van der Waals surface area contributed by atoms with Crippen molar-refractivity contribution in [2.24, 2.45) is 10.8 Å². The monoisotopic (exact) mass is 2010 g/mol. The summed E-state index contributed by atoms with van der Waals surface area (Å²) in [5, 5.41) is 46.8. The molecule has 10 heterocycles. The summed E-state index contributed by atoms with van der Waals surface area (Å²) in [5.41, 5.74) is 16.2. The zero-order valence-corrected chi connectivity index (χ0v) is 74.6. The van der Waals surface area contributed by atoms with E-state index < -0.39 is 132 Å². The molecule has 16 rings (SSSR count). The molecular weight excluding hydrogens is 1910 g/mol. The Morgan fingerprint density at radius 2 is 0.674 bits per heavy atom. The molecule has 8 aromatic rings. The van der Waals surface area contributed by atoms with E-state index in [1.807, 2.05) is 0 Å². The number of amides is 3. The number of aryl methyl sites for hydroxylation is 4. The first-order chi connectivity index (χ1) is 61.5. The minimum atomic E-state index is -2.76. The Morgan fingerprint density at radius 3 is 0.993 bits per heavy atom. The number of carbonyl (C=O) groups is 5. The number of nitrogens with zero attached hydrogens (tertiary/aromatic N) is 15. The van der Waals surface area contributed by atoms with Crippen LogP contribution in [0.25, 0.3) is 0 Å². The number of aromatic nitrogens is 8. The molecule has 0 bridgehead atoms. The first kappa shape index (κ1) is 111. The van der Waals surface area contributed by atoms with E-state index in [1.54, 1.807) is 54.5 Å². The molecule has 4 aromatic carbocycles. The van der Waals surface area contributed by atoms with Gasteiger partial charge in [-0.2, -0.15) is 28.7 Å². The van der Waals surface area contributed by atoms with Crippen molar-refractivity contribution in [3.63, 3.8) is 0 Å². The van der Waals surface area contributed by atoms with E-state index in [0.717, 1.165) is 43.1 Å². The number of carbonyl (C=O) groups excluding carboxylic acids is 3. The Bertz CT molecular complexity index is 5450. The molecule has 135 heavy (non-hydrogen) atoms. The van der Waals surface area contributed by atoms with Crippen LogP contribution < -0.4 is 69.1 Å². The maximum Gasteiger partial charge on any atom is 0.338 e. The maximum atomic E-state index is 14.4. The number of nitrogens with two attached hydrogens (primary N) is 3. The van der Waals surface area contributed by atoms with Gasteiger partial charge in [-0.05, 0) is 133 Å². The number of hydrogen-bond acceptors (Lipinski definition) is 27. The fourth-order valence-electron chi connectivity index (χ4n) is 14.7. The number of nitrogens with one attached hydrogen (secondary N) is 4. The summed E-state index contributed by atoms with van der Waals surface area (Å²) in [7, 11) is 0. The van der Waals surface area contributed by atoms with Gasteiger partial charge in [-0.15, -0.1) is 0 Å². The third-order valence-electron chi connectivity index (χ3n) is 22.6. The summed E-state index contributed by atoms with van der Waals surface area (Å²) >= 11 is 0. The second-order valence-electron chi connectivity index (χ2n) is 32.5. The van der Waals surface area contributed by atoms with Crippen molar-refractivity contribution in [3.05, 3.63) is 186 Å². The number of nitro groups is 2. The third-order valence-corrected chi connectivity index (χ3v) is 22.6. The van der Waals surface area contributed by atoms with Crippen LogP contribution in [-0.4, -0.2) is 192 Å². The van der Waals surface area contributed by atoms with E-state index in [4.69, 9.17) is 32.2 Å². The Kier molecular flexibility index (Phi) is 38.6. The number of anilines is 11. The van der Waals surface area contributed by atoms with Crippen LogP contribution in [0, 0.1) is 107 Å². The molecule has 0 unspecified atom stereocenters. The predicted octanol–water partition coefficient (Wildman–Crippen LogP) is 16.2. The van der Waals surface area contributed by atoms with Gasteiger partial charge in [0.1, 0.15) is 52.4 Å². The number of carboxylic acids is 1. The molecule has 0 atom stereocenters. The van der Waals surface area contributed by atoms with Gasteiger partial charge in [-0.25, -0.2) is 81.8 Å². The van der Waals surface area contributed by atoms with E-state index in [0.29, 0.717) is 64.1 Å². The van der Waals surface area contributed by atoms with Gasteiger partial charge in [0, 0.05) is 190 Å². The Hall–Kier alpha value is -12.7. The van der Waals surface area contributed by atoms with Crippen molar-refractivity contribution >= 4 is 106 Å². The van der Waals surface area contributed by atoms with Crippen LogP contribution in [0.1, 0.15) is 174 Å². The average Bonchev–Trinajstić information content (AvgIpc) is 1.64. The van der Waals surface area contributed by atoms with Crippen LogP contribution >= 0.6 is 0 Å². The summed E-state index contributed by atoms with van der Waals surface area (Å²) in [5.74, 6) is -21.1. The Labute approximate surface area is 778 Å². The fourth-order valence-corrected chi connectivity index (χ4v) is 14.7. The Balaban J connectivity index is 0.000000256. The smallest absolute Gasteiger partial charge is 0.338 e. The van der Waals surface area contributed by atoms with Gasteiger partial charge in [0.15, 0.2) is 0 Å². The number of hydrogen-bond donors (Lipinski definition) is 10. The number of carboxylic acid groups (broad SMARTS) is 2. The predicted molar refractivity (Wildman–Crippen MR) is 469 cm³/mol. The topological polar surface area (TPSA) is 493 Å². The number of aromatic carboxylic acids is 1. The van der Waals surface area contributed by atoms with Gasteiger partial charge >= 0.3 is 17.3 Å². The number of alkyl halides is 8. The minimum absolute atomic E-state index is 0. The summed E-state index contributed by atoms with van der Waals surface area (Å²) in [4.78, 5) is 117.